The number of nitrogens with one attached hydrogen (secondary N) is 1. The summed E-state index contributed by atoms with van der Waals surface area (Å²) in [7, 11) is -3.04. The van der Waals surface area contributed by atoms with Crippen LogP contribution in [0.1, 0.15) is 47.0 Å². The summed E-state index contributed by atoms with van der Waals surface area (Å²) in [6.45, 7) is 10.4. The number of hydrogen-bond donors (Lipinski definition) is 1. The van der Waals surface area contributed by atoms with Crippen LogP contribution in [0, 0.1) is 5.41 Å². The summed E-state index contributed by atoms with van der Waals surface area (Å²) in [6.07, 6.45) is 2.31. The van der Waals surface area contributed by atoms with E-state index in [0.717, 1.165) is 13.0 Å². The summed E-state index contributed by atoms with van der Waals surface area (Å²) in [5.74, 6) is 0.237. The summed E-state index contributed by atoms with van der Waals surface area (Å²) in [4.78, 5) is 0. The van der Waals surface area contributed by atoms with Gasteiger partial charge in [-0.25, -0.2) is 8.42 Å². The van der Waals surface area contributed by atoms with Crippen LogP contribution in [0.4, 0.5) is 0 Å². The van der Waals surface area contributed by atoms with Crippen LogP contribution in [0.5, 0.6) is 0 Å². The third-order valence-electron chi connectivity index (χ3n) is 3.76. The molecule has 0 aromatic rings. The normalized spacial score (nSPS) is 20.4. The summed E-state index contributed by atoms with van der Waals surface area (Å²) >= 11 is 0. The molecule has 0 aliphatic carbocycles. The minimum atomic E-state index is -3.04. The second-order valence-corrected chi connectivity index (χ2v) is 8.84. The molecule has 1 aliphatic heterocycles. The first-order chi connectivity index (χ1) is 8.77. The summed E-state index contributed by atoms with van der Waals surface area (Å²) in [6, 6.07) is 0.0142. The van der Waals surface area contributed by atoms with Gasteiger partial charge in [-0.3, -0.25) is 0 Å². The maximum atomic E-state index is 12.5. The highest BCUT2D eigenvalue weighted by molar-refractivity contribution is 7.92. The smallest absolute Gasteiger partial charge is 0.154 e. The quantitative estimate of drug-likeness (QED) is 0.813. The molecule has 1 rings (SSSR count). The highest BCUT2D eigenvalue weighted by atomic mass is 32.2. The van der Waals surface area contributed by atoms with E-state index < -0.39 is 9.84 Å². The Morgan fingerprint density at radius 2 is 1.84 bits per heavy atom. The standard InChI is InChI=1S/C14H29NO3S/c1-5-8-15-13(14(2,3)4)11-19(16,17)12-6-9-18-10-7-12/h12-13,15H,5-11H2,1-4H3. The van der Waals surface area contributed by atoms with Crippen LogP contribution < -0.4 is 5.32 Å². The molecule has 114 valence electrons. The molecular weight excluding hydrogens is 262 g/mol. The lowest BCUT2D eigenvalue weighted by molar-refractivity contribution is 0.0982. The molecule has 1 N–H and O–H groups in total. The lowest BCUT2D eigenvalue weighted by Crippen LogP contribution is -2.47. The van der Waals surface area contributed by atoms with E-state index in [1.807, 2.05) is 0 Å². The fourth-order valence-corrected chi connectivity index (χ4v) is 4.60. The molecule has 1 aliphatic rings. The molecule has 4 nitrogen and oxygen atoms in total. The number of rotatable bonds is 6. The Morgan fingerprint density at radius 3 is 2.32 bits per heavy atom. The topological polar surface area (TPSA) is 55.4 Å². The highest BCUT2D eigenvalue weighted by Gasteiger charge is 2.34. The van der Waals surface area contributed by atoms with Crippen molar-refractivity contribution in [2.45, 2.75) is 58.2 Å². The van der Waals surface area contributed by atoms with Crippen LogP contribution in [0.15, 0.2) is 0 Å². The average Bonchev–Trinajstić information content (AvgIpc) is 2.34. The van der Waals surface area contributed by atoms with Gasteiger partial charge in [0, 0.05) is 19.3 Å². The van der Waals surface area contributed by atoms with Crippen molar-refractivity contribution in [3.63, 3.8) is 0 Å². The van der Waals surface area contributed by atoms with Crippen molar-refractivity contribution >= 4 is 9.84 Å². The van der Waals surface area contributed by atoms with Crippen LogP contribution in [-0.4, -0.2) is 45.2 Å². The number of ether oxygens (including phenoxy) is 1. The van der Waals surface area contributed by atoms with E-state index in [1.165, 1.54) is 0 Å². The molecule has 1 atom stereocenters. The Morgan fingerprint density at radius 1 is 1.26 bits per heavy atom. The largest absolute Gasteiger partial charge is 0.381 e. The molecule has 0 saturated carbocycles. The number of hydrogen-bond acceptors (Lipinski definition) is 4. The maximum Gasteiger partial charge on any atom is 0.154 e. The third-order valence-corrected chi connectivity index (χ3v) is 6.05. The predicted octanol–water partition coefficient (Wildman–Crippen LogP) is 1.99. The first kappa shape index (κ1) is 16.9. The van der Waals surface area contributed by atoms with Gasteiger partial charge < -0.3 is 10.1 Å². The highest BCUT2D eigenvalue weighted by Crippen LogP contribution is 2.24. The van der Waals surface area contributed by atoms with Gasteiger partial charge in [0.25, 0.3) is 0 Å². The lowest BCUT2D eigenvalue weighted by Gasteiger charge is -2.33. The van der Waals surface area contributed by atoms with Crippen molar-refractivity contribution in [2.24, 2.45) is 5.41 Å². The van der Waals surface area contributed by atoms with Crippen LogP contribution in [-0.2, 0) is 14.6 Å². The van der Waals surface area contributed by atoms with Gasteiger partial charge in [0.2, 0.25) is 0 Å². The molecule has 0 aromatic carbocycles. The first-order valence-corrected chi connectivity index (χ1v) is 9.01. The summed E-state index contributed by atoms with van der Waals surface area (Å²) < 4.78 is 30.3. The second-order valence-electron chi connectivity index (χ2n) is 6.51. The number of sulfone groups is 1. The molecule has 0 aromatic heterocycles. The Bertz CT molecular complexity index is 353. The van der Waals surface area contributed by atoms with Crippen molar-refractivity contribution in [3.8, 4) is 0 Å². The third kappa shape index (κ3) is 5.40. The van der Waals surface area contributed by atoms with E-state index in [4.69, 9.17) is 4.74 Å². The molecule has 19 heavy (non-hydrogen) atoms. The Kier molecular flexibility index (Phi) is 6.27. The van der Waals surface area contributed by atoms with E-state index in [2.05, 4.69) is 33.0 Å². The van der Waals surface area contributed by atoms with Gasteiger partial charge in [-0.15, -0.1) is 0 Å². The molecular formula is C14H29NO3S. The fourth-order valence-electron chi connectivity index (χ4n) is 2.34. The van der Waals surface area contributed by atoms with E-state index in [0.29, 0.717) is 26.1 Å². The SMILES string of the molecule is CCCNC(CS(=O)(=O)C1CCOCC1)C(C)(C)C. The van der Waals surface area contributed by atoms with Crippen molar-refractivity contribution in [1.29, 1.82) is 0 Å². The van der Waals surface area contributed by atoms with Gasteiger partial charge in [0.15, 0.2) is 9.84 Å². The van der Waals surface area contributed by atoms with Gasteiger partial charge in [-0.05, 0) is 31.2 Å². The lowest BCUT2D eigenvalue weighted by atomic mass is 9.88. The van der Waals surface area contributed by atoms with Gasteiger partial charge >= 0.3 is 0 Å². The van der Waals surface area contributed by atoms with Crippen molar-refractivity contribution < 1.29 is 13.2 Å². The maximum absolute atomic E-state index is 12.5. The average molecular weight is 291 g/mol. The van der Waals surface area contributed by atoms with Gasteiger partial charge in [0.1, 0.15) is 0 Å². The zero-order chi connectivity index (χ0) is 14.5. The minimum absolute atomic E-state index is 0.0142. The van der Waals surface area contributed by atoms with Gasteiger partial charge in [0.05, 0.1) is 11.0 Å². The van der Waals surface area contributed by atoms with Gasteiger partial charge in [-0.1, -0.05) is 27.7 Å². The van der Waals surface area contributed by atoms with E-state index in [9.17, 15) is 8.42 Å². The Hall–Kier alpha value is -0.130. The van der Waals surface area contributed by atoms with E-state index in [-0.39, 0.29) is 22.5 Å². The van der Waals surface area contributed by atoms with Crippen LogP contribution in [0.25, 0.3) is 0 Å². The van der Waals surface area contributed by atoms with E-state index >= 15 is 0 Å². The van der Waals surface area contributed by atoms with Crippen LogP contribution in [0.2, 0.25) is 0 Å². The van der Waals surface area contributed by atoms with Crippen LogP contribution >= 0.6 is 0 Å². The van der Waals surface area contributed by atoms with Gasteiger partial charge in [-0.2, -0.15) is 0 Å². The molecule has 0 spiro atoms. The second kappa shape index (κ2) is 7.04. The summed E-state index contributed by atoms with van der Waals surface area (Å²) in [5, 5.41) is 3.18. The Labute approximate surface area is 118 Å². The van der Waals surface area contributed by atoms with Crippen molar-refractivity contribution in [2.75, 3.05) is 25.5 Å². The molecule has 1 heterocycles. The zero-order valence-electron chi connectivity index (χ0n) is 12.7. The Balaban J connectivity index is 2.70. The molecule has 0 amide bonds. The predicted molar refractivity (Wildman–Crippen MR) is 79.2 cm³/mol. The minimum Gasteiger partial charge on any atom is -0.381 e. The monoisotopic (exact) mass is 291 g/mol. The summed E-state index contributed by atoms with van der Waals surface area (Å²) in [5.41, 5.74) is -0.0482. The molecule has 1 saturated heterocycles. The molecule has 5 heteroatoms. The zero-order valence-corrected chi connectivity index (χ0v) is 13.6. The van der Waals surface area contributed by atoms with E-state index in [1.54, 1.807) is 0 Å². The fraction of sp³-hybridized carbons (Fsp3) is 1.00. The molecule has 1 unspecified atom stereocenters. The molecule has 0 radical (unpaired) electrons. The van der Waals surface area contributed by atoms with Crippen LogP contribution in [0.3, 0.4) is 0 Å². The molecule has 0 bridgehead atoms. The van der Waals surface area contributed by atoms with Crippen molar-refractivity contribution in [1.82, 2.24) is 5.32 Å². The first-order valence-electron chi connectivity index (χ1n) is 7.30. The van der Waals surface area contributed by atoms with Crippen molar-refractivity contribution in [3.05, 3.63) is 0 Å². The molecule has 1 fully saturated rings.